The van der Waals surface area contributed by atoms with Gasteiger partial charge in [-0.3, -0.25) is 14.1 Å². The molecule has 1 saturated heterocycles. The smallest absolute Gasteiger partial charge is 0.261 e. The summed E-state index contributed by atoms with van der Waals surface area (Å²) in [6.07, 6.45) is 7.51. The molecule has 2 aromatic heterocycles. The fourth-order valence-electron chi connectivity index (χ4n) is 5.94. The van der Waals surface area contributed by atoms with Gasteiger partial charge in [-0.1, -0.05) is 35.9 Å². The molecule has 1 fully saturated rings. The van der Waals surface area contributed by atoms with Crippen molar-refractivity contribution in [1.29, 1.82) is 0 Å². The van der Waals surface area contributed by atoms with Crippen molar-refractivity contribution in [3.8, 4) is 44.9 Å². The first-order valence-corrected chi connectivity index (χ1v) is 18.5. The molecule has 3 aromatic carbocycles. The summed E-state index contributed by atoms with van der Waals surface area (Å²) < 4.78 is 59.7. The van der Waals surface area contributed by atoms with Gasteiger partial charge < -0.3 is 29.8 Å². The number of amides is 1. The van der Waals surface area contributed by atoms with E-state index in [1.807, 2.05) is 48.0 Å². The Labute approximate surface area is 307 Å². The summed E-state index contributed by atoms with van der Waals surface area (Å²) in [4.78, 5) is 31.6. The monoisotopic (exact) mass is 744 g/mol. The van der Waals surface area contributed by atoms with Crippen LogP contribution in [0.4, 0.5) is 15.9 Å². The van der Waals surface area contributed by atoms with Crippen LogP contribution in [0.2, 0.25) is 0 Å². The number of nitrogen functional groups attached to an aromatic ring is 1. The number of aryl methyl sites for hydroxylation is 1. The largest absolute Gasteiger partial charge is 0.493 e. The molecule has 0 radical (unpaired) electrons. The van der Waals surface area contributed by atoms with Crippen molar-refractivity contribution in [3.05, 3.63) is 112 Å². The first-order valence-electron chi connectivity index (χ1n) is 16.6. The van der Waals surface area contributed by atoms with Crippen molar-refractivity contribution >= 4 is 27.5 Å². The molecule has 0 saturated carbocycles. The van der Waals surface area contributed by atoms with Crippen molar-refractivity contribution in [3.63, 3.8) is 0 Å². The molecule has 1 aliphatic heterocycles. The average molecular weight is 745 g/mol. The van der Waals surface area contributed by atoms with Crippen LogP contribution in [0.3, 0.4) is 0 Å². The van der Waals surface area contributed by atoms with Crippen molar-refractivity contribution in [2.45, 2.75) is 26.3 Å². The van der Waals surface area contributed by atoms with E-state index in [0.717, 1.165) is 29.5 Å². The zero-order valence-electron chi connectivity index (χ0n) is 29.8. The van der Waals surface area contributed by atoms with Crippen LogP contribution in [0, 0.1) is 18.7 Å². The standard InChI is InChI=1S/C38H37FN4O5.CH4O3S/c1-23-4-6-25(7-5-23)31-21-43(20-24-12-14-48-15-13-24)22-32(36(31)44)38(45)42-28-9-10-29(33(39)18-28)30-16-27(19-41-37(30)40)26-8-11-34(46-2)35(17-26)47-3;1-5(2,3)4/h4-11,16-19,21-22,24H,12-15,20H2,1-3H3,(H2,40,41)(H,42,45);1H3,(H,2,3,4). The van der Waals surface area contributed by atoms with Gasteiger partial charge in [-0.25, -0.2) is 9.37 Å². The zero-order chi connectivity index (χ0) is 38.3. The minimum absolute atomic E-state index is 0.0271. The van der Waals surface area contributed by atoms with Crippen LogP contribution >= 0.6 is 0 Å². The number of carbonyl (C=O) groups is 1. The van der Waals surface area contributed by atoms with E-state index in [9.17, 15) is 18.0 Å². The van der Waals surface area contributed by atoms with Crippen LogP contribution in [0.25, 0.3) is 33.4 Å². The van der Waals surface area contributed by atoms with E-state index >= 15 is 4.39 Å². The number of carbonyl (C=O) groups excluding carboxylic acids is 1. The quantitative estimate of drug-likeness (QED) is 0.142. The number of hydrogen-bond acceptors (Lipinski definition) is 9. The lowest BCUT2D eigenvalue weighted by Crippen LogP contribution is -2.26. The van der Waals surface area contributed by atoms with Crippen molar-refractivity contribution in [2.24, 2.45) is 5.92 Å². The highest BCUT2D eigenvalue weighted by Crippen LogP contribution is 2.36. The van der Waals surface area contributed by atoms with E-state index in [-0.39, 0.29) is 22.6 Å². The number of anilines is 2. The molecule has 53 heavy (non-hydrogen) atoms. The Bertz CT molecular complexity index is 2260. The lowest BCUT2D eigenvalue weighted by molar-refractivity contribution is 0.0612. The highest BCUT2D eigenvalue weighted by Gasteiger charge is 2.21. The van der Waals surface area contributed by atoms with Crippen LogP contribution in [0.1, 0.15) is 28.8 Å². The highest BCUT2D eigenvalue weighted by molar-refractivity contribution is 7.85. The Morgan fingerprint density at radius 2 is 1.60 bits per heavy atom. The Morgan fingerprint density at radius 1 is 0.943 bits per heavy atom. The number of hydrogen-bond donors (Lipinski definition) is 3. The van der Waals surface area contributed by atoms with Crippen LogP contribution in [0.5, 0.6) is 11.5 Å². The maximum absolute atomic E-state index is 15.7. The molecule has 3 heterocycles. The number of aromatic nitrogens is 2. The van der Waals surface area contributed by atoms with Crippen LogP contribution < -0.4 is 26.0 Å². The summed E-state index contributed by atoms with van der Waals surface area (Å²) in [5, 5.41) is 2.73. The predicted octanol–water partition coefficient (Wildman–Crippen LogP) is 6.47. The highest BCUT2D eigenvalue weighted by atomic mass is 32.2. The van der Waals surface area contributed by atoms with Gasteiger partial charge in [0.2, 0.25) is 5.43 Å². The number of nitrogens with two attached hydrogens (primary N) is 1. The van der Waals surface area contributed by atoms with Gasteiger partial charge in [-0.15, -0.1) is 0 Å². The second kappa shape index (κ2) is 16.8. The number of halogens is 1. The van der Waals surface area contributed by atoms with E-state index in [1.54, 1.807) is 50.9 Å². The zero-order valence-corrected chi connectivity index (χ0v) is 30.6. The molecular weight excluding hydrogens is 704 g/mol. The van der Waals surface area contributed by atoms with E-state index in [2.05, 4.69) is 10.3 Å². The molecule has 5 aromatic rings. The molecule has 0 spiro atoms. The molecule has 14 heteroatoms. The summed E-state index contributed by atoms with van der Waals surface area (Å²) in [6.45, 7) is 3.99. The van der Waals surface area contributed by atoms with E-state index < -0.39 is 27.3 Å². The lowest BCUT2D eigenvalue weighted by Gasteiger charge is -2.23. The Hall–Kier alpha value is -5.57. The van der Waals surface area contributed by atoms with Crippen LogP contribution in [-0.2, 0) is 21.4 Å². The van der Waals surface area contributed by atoms with Crippen molar-refractivity contribution in [2.75, 3.05) is 44.7 Å². The number of benzene rings is 3. The molecule has 4 N–H and O–H groups in total. The summed E-state index contributed by atoms with van der Waals surface area (Å²) in [6, 6.07) is 19.1. The number of rotatable bonds is 9. The van der Waals surface area contributed by atoms with Gasteiger partial charge in [-0.2, -0.15) is 8.42 Å². The Balaban J connectivity index is 0.00000101. The Morgan fingerprint density at radius 3 is 2.25 bits per heavy atom. The topological polar surface area (TPSA) is 172 Å². The minimum atomic E-state index is -3.67. The van der Waals surface area contributed by atoms with Gasteiger partial charge in [-0.05, 0) is 73.2 Å². The SMILES string of the molecule is COc1ccc(-c2cnc(N)c(-c3ccc(NC(=O)c4cn(CC5CCOCC5)cc(-c5ccc(C)cc5)c4=O)cc3F)c2)cc1OC.CS(=O)(=O)O. The van der Waals surface area contributed by atoms with Gasteiger partial charge in [0.25, 0.3) is 16.0 Å². The fourth-order valence-corrected chi connectivity index (χ4v) is 5.94. The first-order chi connectivity index (χ1) is 25.2. The first kappa shape index (κ1) is 38.7. The minimum Gasteiger partial charge on any atom is -0.493 e. The van der Waals surface area contributed by atoms with Gasteiger partial charge in [0.05, 0.1) is 20.5 Å². The van der Waals surface area contributed by atoms with Crippen molar-refractivity contribution in [1.82, 2.24) is 9.55 Å². The normalized spacial score (nSPS) is 13.1. The van der Waals surface area contributed by atoms with Crippen LogP contribution in [0.15, 0.2) is 90.1 Å². The summed E-state index contributed by atoms with van der Waals surface area (Å²) in [5.74, 6) is 0.382. The maximum atomic E-state index is 15.7. The predicted molar refractivity (Wildman–Crippen MR) is 202 cm³/mol. The Kier molecular flexibility index (Phi) is 12.3. The molecule has 278 valence electrons. The van der Waals surface area contributed by atoms with Gasteiger partial charge in [0.15, 0.2) is 11.5 Å². The molecule has 0 bridgehead atoms. The number of pyridine rings is 2. The summed E-state index contributed by atoms with van der Waals surface area (Å²) >= 11 is 0. The molecular formula is C39H41FN4O8S. The molecule has 0 unspecified atom stereocenters. The number of nitrogens with one attached hydrogen (secondary N) is 1. The number of nitrogens with zero attached hydrogens (tertiary/aromatic N) is 2. The third kappa shape index (κ3) is 10.1. The molecule has 0 aliphatic carbocycles. The van der Waals surface area contributed by atoms with Crippen LogP contribution in [-0.4, -0.2) is 62.1 Å². The van der Waals surface area contributed by atoms with Crippen molar-refractivity contribution < 1.29 is 36.4 Å². The number of ether oxygens (including phenoxy) is 3. The van der Waals surface area contributed by atoms with E-state index in [4.69, 9.17) is 24.5 Å². The third-order valence-electron chi connectivity index (χ3n) is 8.65. The van der Waals surface area contributed by atoms with Gasteiger partial charge >= 0.3 is 0 Å². The second-order valence-corrected chi connectivity index (χ2v) is 14.1. The third-order valence-corrected chi connectivity index (χ3v) is 8.65. The summed E-state index contributed by atoms with van der Waals surface area (Å²) in [5.41, 5.74) is 10.2. The average Bonchev–Trinajstić information content (AvgIpc) is 3.12. The van der Waals surface area contributed by atoms with Gasteiger partial charge in [0.1, 0.15) is 17.2 Å². The maximum Gasteiger partial charge on any atom is 0.261 e. The summed E-state index contributed by atoms with van der Waals surface area (Å²) in [7, 11) is -0.560. The molecule has 6 rings (SSSR count). The van der Waals surface area contributed by atoms with E-state index in [1.165, 1.54) is 12.1 Å². The lowest BCUT2D eigenvalue weighted by atomic mass is 9.99. The second-order valence-electron chi connectivity index (χ2n) is 12.6. The molecule has 12 nitrogen and oxygen atoms in total. The fraction of sp³-hybridized carbons (Fsp3) is 0.256. The molecule has 1 aliphatic rings. The van der Waals surface area contributed by atoms with Gasteiger partial charge in [0, 0.05) is 66.3 Å². The molecule has 0 atom stereocenters. The van der Waals surface area contributed by atoms with E-state index in [0.29, 0.717) is 60.1 Å². The number of methoxy groups -OCH3 is 2. The molecule has 1 amide bonds.